The molecule has 0 fully saturated rings. The third-order valence-electron chi connectivity index (χ3n) is 5.05. The molecular formula is C23H31NO3Si. The second-order valence-electron chi connectivity index (χ2n) is 8.55. The summed E-state index contributed by atoms with van der Waals surface area (Å²) < 4.78 is 11.5. The Kier molecular flexibility index (Phi) is 6.45. The Balaban J connectivity index is 1.85. The highest BCUT2D eigenvalue weighted by Gasteiger charge is 2.31. The van der Waals surface area contributed by atoms with Crippen LogP contribution in [-0.4, -0.2) is 32.2 Å². The molecule has 0 spiro atoms. The normalized spacial score (nSPS) is 16.7. The number of hydrogen-bond donors (Lipinski definition) is 1. The van der Waals surface area contributed by atoms with Gasteiger partial charge in [-0.1, -0.05) is 50.0 Å². The van der Waals surface area contributed by atoms with Crippen molar-refractivity contribution in [1.29, 1.82) is 0 Å². The fourth-order valence-electron chi connectivity index (χ4n) is 3.51. The molecule has 1 atom stereocenters. The molecular weight excluding hydrogens is 366 g/mol. The lowest BCUT2D eigenvalue weighted by Crippen LogP contribution is -2.22. The quantitative estimate of drug-likeness (QED) is 0.357. The highest BCUT2D eigenvalue weighted by molar-refractivity contribution is 6.76. The Labute approximate surface area is 169 Å². The van der Waals surface area contributed by atoms with Gasteiger partial charge in [0, 0.05) is 13.8 Å². The summed E-state index contributed by atoms with van der Waals surface area (Å²) in [6.07, 6.45) is 4.09. The summed E-state index contributed by atoms with van der Waals surface area (Å²) in [7, 11) is -1.17. The molecule has 1 N–H and O–H groups in total. The Morgan fingerprint density at radius 3 is 2.64 bits per heavy atom. The van der Waals surface area contributed by atoms with E-state index in [0.29, 0.717) is 12.3 Å². The van der Waals surface area contributed by atoms with Crippen LogP contribution in [0.3, 0.4) is 0 Å². The molecule has 5 heteroatoms. The SMILES string of the molecule is CCOC(=O)c1cc2c([nH]1)C(C(=Cc1ccccc1)OCC[Si](C)(C)C)CC2. The summed E-state index contributed by atoms with van der Waals surface area (Å²) >= 11 is 0. The average Bonchev–Trinajstić information content (AvgIpc) is 3.22. The van der Waals surface area contributed by atoms with Gasteiger partial charge >= 0.3 is 5.97 Å². The van der Waals surface area contributed by atoms with Crippen LogP contribution in [0.5, 0.6) is 0 Å². The molecule has 1 heterocycles. The summed E-state index contributed by atoms with van der Waals surface area (Å²) in [6.45, 7) is 10.0. The Hall–Kier alpha value is -2.27. The van der Waals surface area contributed by atoms with Gasteiger partial charge in [-0.05, 0) is 49.1 Å². The monoisotopic (exact) mass is 397 g/mol. The van der Waals surface area contributed by atoms with Crippen LogP contribution >= 0.6 is 0 Å². The summed E-state index contributed by atoms with van der Waals surface area (Å²) in [5.74, 6) is 0.851. The lowest BCUT2D eigenvalue weighted by atomic mass is 10.0. The third kappa shape index (κ3) is 5.16. The minimum absolute atomic E-state index is 0.153. The molecule has 0 aliphatic heterocycles. The van der Waals surface area contributed by atoms with Crippen LogP contribution in [0.1, 0.15) is 46.6 Å². The molecule has 1 aromatic carbocycles. The number of rotatable bonds is 8. The van der Waals surface area contributed by atoms with Gasteiger partial charge < -0.3 is 14.5 Å². The predicted molar refractivity (Wildman–Crippen MR) is 116 cm³/mol. The number of ether oxygens (including phenoxy) is 2. The number of allylic oxidation sites excluding steroid dienone is 1. The zero-order chi connectivity index (χ0) is 20.1. The van der Waals surface area contributed by atoms with Gasteiger partial charge in [-0.3, -0.25) is 0 Å². The van der Waals surface area contributed by atoms with Crippen LogP contribution in [0.4, 0.5) is 0 Å². The highest BCUT2D eigenvalue weighted by atomic mass is 28.3. The molecule has 0 radical (unpaired) electrons. The van der Waals surface area contributed by atoms with Crippen molar-refractivity contribution in [3.63, 3.8) is 0 Å². The summed E-state index contributed by atoms with van der Waals surface area (Å²) in [5.41, 5.74) is 3.97. The molecule has 1 aromatic heterocycles. The summed E-state index contributed by atoms with van der Waals surface area (Å²) in [5, 5.41) is 0. The molecule has 1 unspecified atom stereocenters. The number of hydrogen-bond acceptors (Lipinski definition) is 3. The molecule has 28 heavy (non-hydrogen) atoms. The van der Waals surface area contributed by atoms with Gasteiger partial charge in [0.15, 0.2) is 0 Å². The van der Waals surface area contributed by atoms with E-state index in [-0.39, 0.29) is 11.9 Å². The van der Waals surface area contributed by atoms with E-state index in [9.17, 15) is 4.79 Å². The molecule has 0 bridgehead atoms. The average molecular weight is 398 g/mol. The number of aromatic amines is 1. The van der Waals surface area contributed by atoms with Crippen molar-refractivity contribution in [3.8, 4) is 0 Å². The lowest BCUT2D eigenvalue weighted by Gasteiger charge is -2.21. The number of fused-ring (bicyclic) bond motifs is 1. The topological polar surface area (TPSA) is 51.3 Å². The number of aromatic nitrogens is 1. The van der Waals surface area contributed by atoms with E-state index in [2.05, 4.69) is 42.8 Å². The second kappa shape index (κ2) is 8.82. The van der Waals surface area contributed by atoms with Gasteiger partial charge in [-0.25, -0.2) is 4.79 Å². The first-order valence-corrected chi connectivity index (χ1v) is 13.9. The number of carbonyl (C=O) groups excluding carboxylic acids is 1. The number of esters is 1. The molecule has 0 saturated heterocycles. The first-order valence-electron chi connectivity index (χ1n) is 10.2. The summed E-state index contributed by atoms with van der Waals surface area (Å²) in [4.78, 5) is 15.4. The number of H-pyrrole nitrogens is 1. The van der Waals surface area contributed by atoms with Crippen molar-refractivity contribution in [3.05, 3.63) is 64.7 Å². The van der Waals surface area contributed by atoms with Gasteiger partial charge in [-0.15, -0.1) is 0 Å². The number of benzene rings is 1. The Morgan fingerprint density at radius 1 is 1.21 bits per heavy atom. The first-order chi connectivity index (χ1) is 13.4. The van der Waals surface area contributed by atoms with Crippen LogP contribution in [0.2, 0.25) is 25.7 Å². The van der Waals surface area contributed by atoms with Crippen molar-refractivity contribution >= 4 is 20.1 Å². The van der Waals surface area contributed by atoms with Crippen LogP contribution < -0.4 is 0 Å². The predicted octanol–water partition coefficient (Wildman–Crippen LogP) is 5.62. The maximum Gasteiger partial charge on any atom is 0.354 e. The molecule has 4 nitrogen and oxygen atoms in total. The number of aryl methyl sites for hydroxylation is 1. The maximum absolute atomic E-state index is 12.1. The molecule has 1 aliphatic rings. The van der Waals surface area contributed by atoms with Crippen LogP contribution in [0, 0.1) is 0 Å². The van der Waals surface area contributed by atoms with Crippen molar-refractivity contribution in [2.24, 2.45) is 0 Å². The van der Waals surface area contributed by atoms with Gasteiger partial charge in [0.1, 0.15) is 11.5 Å². The van der Waals surface area contributed by atoms with Gasteiger partial charge in [-0.2, -0.15) is 0 Å². The van der Waals surface area contributed by atoms with Gasteiger partial charge in [0.25, 0.3) is 0 Å². The van der Waals surface area contributed by atoms with E-state index in [4.69, 9.17) is 9.47 Å². The smallest absolute Gasteiger partial charge is 0.354 e. The summed E-state index contributed by atoms with van der Waals surface area (Å²) in [6, 6.07) is 13.4. The third-order valence-corrected chi connectivity index (χ3v) is 6.76. The van der Waals surface area contributed by atoms with Crippen LogP contribution in [0.25, 0.3) is 6.08 Å². The zero-order valence-corrected chi connectivity index (χ0v) is 18.4. The van der Waals surface area contributed by atoms with Crippen LogP contribution in [-0.2, 0) is 15.9 Å². The molecule has 1 aliphatic carbocycles. The zero-order valence-electron chi connectivity index (χ0n) is 17.4. The van der Waals surface area contributed by atoms with E-state index >= 15 is 0 Å². The Bertz CT molecular complexity index is 833. The first kappa shape index (κ1) is 20.5. The fraction of sp³-hybridized carbons (Fsp3) is 0.435. The largest absolute Gasteiger partial charge is 0.498 e. The van der Waals surface area contributed by atoms with E-state index in [1.807, 2.05) is 31.2 Å². The number of carbonyl (C=O) groups is 1. The van der Waals surface area contributed by atoms with Crippen LogP contribution in [0.15, 0.2) is 42.2 Å². The van der Waals surface area contributed by atoms with Gasteiger partial charge in [0.05, 0.1) is 19.1 Å². The molecule has 0 saturated carbocycles. The van der Waals surface area contributed by atoms with Crippen molar-refractivity contribution in [2.45, 2.75) is 51.4 Å². The highest BCUT2D eigenvalue weighted by Crippen LogP contribution is 2.39. The maximum atomic E-state index is 12.1. The molecule has 2 aromatic rings. The lowest BCUT2D eigenvalue weighted by molar-refractivity contribution is 0.0520. The molecule has 150 valence electrons. The van der Waals surface area contributed by atoms with E-state index in [1.54, 1.807) is 0 Å². The minimum atomic E-state index is -1.17. The van der Waals surface area contributed by atoms with Crippen molar-refractivity contribution in [1.82, 2.24) is 4.98 Å². The van der Waals surface area contributed by atoms with Crippen molar-refractivity contribution in [2.75, 3.05) is 13.2 Å². The Morgan fingerprint density at radius 2 is 1.96 bits per heavy atom. The minimum Gasteiger partial charge on any atom is -0.498 e. The number of nitrogens with one attached hydrogen (secondary N) is 1. The van der Waals surface area contributed by atoms with E-state index < -0.39 is 8.07 Å². The second-order valence-corrected chi connectivity index (χ2v) is 14.2. The standard InChI is InChI=1S/C23H31NO3Si/c1-5-26-23(25)20-16-18-11-12-19(22(18)24-20)21(27-13-14-28(2,3)4)15-17-9-7-6-8-10-17/h6-10,15-16,19,24H,5,11-14H2,1-4H3. The van der Waals surface area contributed by atoms with E-state index in [1.165, 1.54) is 5.56 Å². The fourth-order valence-corrected chi connectivity index (χ4v) is 4.22. The van der Waals surface area contributed by atoms with E-state index in [0.717, 1.165) is 42.5 Å². The van der Waals surface area contributed by atoms with Crippen molar-refractivity contribution < 1.29 is 14.3 Å². The van der Waals surface area contributed by atoms with Gasteiger partial charge in [0.2, 0.25) is 0 Å². The molecule has 3 rings (SSSR count). The molecule has 0 amide bonds.